The van der Waals surface area contributed by atoms with Crippen LogP contribution in [0.4, 0.5) is 5.69 Å². The van der Waals surface area contributed by atoms with Crippen molar-refractivity contribution in [3.8, 4) is 0 Å². The van der Waals surface area contributed by atoms with Gasteiger partial charge in [-0.05, 0) is 24.6 Å². The van der Waals surface area contributed by atoms with Crippen molar-refractivity contribution in [2.45, 2.75) is 6.92 Å². The fraction of sp³-hybridized carbons (Fsp3) is 0.438. The van der Waals surface area contributed by atoms with Crippen LogP contribution >= 0.6 is 11.6 Å². The maximum atomic E-state index is 12.4. The summed E-state index contributed by atoms with van der Waals surface area (Å²) in [5.74, 6) is 0.185. The molecule has 21 heavy (non-hydrogen) atoms. The van der Waals surface area contributed by atoms with Gasteiger partial charge in [-0.1, -0.05) is 23.7 Å². The van der Waals surface area contributed by atoms with Crippen LogP contribution in [0.1, 0.15) is 6.92 Å². The van der Waals surface area contributed by atoms with Gasteiger partial charge in [0.05, 0.1) is 10.7 Å². The van der Waals surface area contributed by atoms with Crippen LogP contribution in [0.25, 0.3) is 0 Å². The number of amides is 1. The molecule has 0 spiro atoms. The number of carbonyl (C=O) groups excluding carboxylic acids is 1. The molecule has 2 saturated heterocycles. The number of para-hydroxylation sites is 1. The van der Waals surface area contributed by atoms with Crippen LogP contribution in [0.15, 0.2) is 35.4 Å². The smallest absolute Gasteiger partial charge is 0.249 e. The Balaban J connectivity index is 1.63. The first-order valence-corrected chi connectivity index (χ1v) is 7.72. The van der Waals surface area contributed by atoms with Crippen molar-refractivity contribution in [2.24, 2.45) is 0 Å². The molecular formula is C16H20ClN3O. The average molecular weight is 306 g/mol. The second-order valence-corrected chi connectivity index (χ2v) is 5.97. The first-order chi connectivity index (χ1) is 10.2. The maximum Gasteiger partial charge on any atom is 0.249 e. The number of anilines is 1. The van der Waals surface area contributed by atoms with Gasteiger partial charge in [0.15, 0.2) is 0 Å². The van der Waals surface area contributed by atoms with Gasteiger partial charge in [-0.2, -0.15) is 0 Å². The Morgan fingerprint density at radius 1 is 1.14 bits per heavy atom. The molecule has 2 heterocycles. The number of halogens is 1. The Kier molecular flexibility index (Phi) is 4.17. The van der Waals surface area contributed by atoms with Crippen molar-refractivity contribution in [2.75, 3.05) is 44.2 Å². The Morgan fingerprint density at radius 3 is 2.38 bits per heavy atom. The summed E-state index contributed by atoms with van der Waals surface area (Å²) in [7, 11) is 0. The third-order valence-corrected chi connectivity index (χ3v) is 4.61. The van der Waals surface area contributed by atoms with E-state index in [0.717, 1.165) is 55.6 Å². The molecule has 2 aliphatic heterocycles. The van der Waals surface area contributed by atoms with Gasteiger partial charge in [0, 0.05) is 44.8 Å². The van der Waals surface area contributed by atoms with Crippen LogP contribution in [-0.4, -0.2) is 50.1 Å². The Labute approximate surface area is 130 Å². The molecule has 4 nitrogen and oxygen atoms in total. The number of rotatable bonds is 2. The van der Waals surface area contributed by atoms with E-state index in [4.69, 9.17) is 11.6 Å². The molecule has 0 atom stereocenters. The minimum atomic E-state index is 0.185. The van der Waals surface area contributed by atoms with Crippen LogP contribution in [-0.2, 0) is 4.79 Å². The summed E-state index contributed by atoms with van der Waals surface area (Å²) in [6.07, 6.45) is 0. The van der Waals surface area contributed by atoms with Crippen LogP contribution in [0, 0.1) is 0 Å². The zero-order chi connectivity index (χ0) is 14.8. The van der Waals surface area contributed by atoms with Gasteiger partial charge in [0.25, 0.3) is 0 Å². The topological polar surface area (TPSA) is 35.6 Å². The van der Waals surface area contributed by atoms with Crippen LogP contribution in [0.2, 0.25) is 5.02 Å². The zero-order valence-corrected chi connectivity index (χ0v) is 13.0. The van der Waals surface area contributed by atoms with Gasteiger partial charge in [0.2, 0.25) is 5.91 Å². The van der Waals surface area contributed by atoms with Gasteiger partial charge < -0.3 is 15.1 Å². The highest BCUT2D eigenvalue weighted by Crippen LogP contribution is 2.26. The number of piperazine rings is 1. The van der Waals surface area contributed by atoms with E-state index >= 15 is 0 Å². The number of hydrogen-bond donors (Lipinski definition) is 1. The fourth-order valence-corrected chi connectivity index (χ4v) is 3.02. The van der Waals surface area contributed by atoms with E-state index in [1.54, 1.807) is 0 Å². The maximum absolute atomic E-state index is 12.4. The minimum absolute atomic E-state index is 0.185. The molecule has 1 aromatic carbocycles. The Bertz CT molecular complexity index is 571. The molecule has 0 bridgehead atoms. The number of benzene rings is 1. The van der Waals surface area contributed by atoms with Crippen molar-refractivity contribution in [3.63, 3.8) is 0 Å². The van der Waals surface area contributed by atoms with E-state index in [1.807, 2.05) is 36.1 Å². The van der Waals surface area contributed by atoms with Crippen molar-refractivity contribution in [1.29, 1.82) is 0 Å². The Hall–Kier alpha value is -1.52. The van der Waals surface area contributed by atoms with E-state index in [2.05, 4.69) is 10.2 Å². The number of nitrogens with zero attached hydrogens (tertiary/aromatic N) is 2. The second-order valence-electron chi connectivity index (χ2n) is 5.56. The molecule has 1 amide bonds. The summed E-state index contributed by atoms with van der Waals surface area (Å²) in [4.78, 5) is 16.6. The summed E-state index contributed by atoms with van der Waals surface area (Å²) in [5, 5.41) is 3.96. The quantitative estimate of drug-likeness (QED) is 0.848. The highest BCUT2D eigenvalue weighted by atomic mass is 35.5. The van der Waals surface area contributed by atoms with Gasteiger partial charge in [-0.25, -0.2) is 0 Å². The molecule has 0 saturated carbocycles. The fourth-order valence-electron chi connectivity index (χ4n) is 2.76. The molecule has 0 aromatic heterocycles. The molecule has 0 radical (unpaired) electrons. The molecule has 3 rings (SSSR count). The molecular weight excluding hydrogens is 286 g/mol. The lowest BCUT2D eigenvalue weighted by Crippen LogP contribution is -2.49. The summed E-state index contributed by atoms with van der Waals surface area (Å²) in [5.41, 5.74) is 3.22. The van der Waals surface area contributed by atoms with E-state index in [1.165, 1.54) is 5.57 Å². The summed E-state index contributed by atoms with van der Waals surface area (Å²) >= 11 is 6.24. The third-order valence-electron chi connectivity index (χ3n) is 4.29. The molecule has 5 heteroatoms. The van der Waals surface area contributed by atoms with E-state index < -0.39 is 0 Å². The van der Waals surface area contributed by atoms with Crippen LogP contribution in [0.3, 0.4) is 0 Å². The minimum Gasteiger partial charge on any atom is -0.367 e. The predicted octanol–water partition coefficient (Wildman–Crippen LogP) is 1.91. The number of carbonyl (C=O) groups is 1. The molecule has 112 valence electrons. The summed E-state index contributed by atoms with van der Waals surface area (Å²) < 4.78 is 0. The zero-order valence-electron chi connectivity index (χ0n) is 12.2. The lowest BCUT2D eigenvalue weighted by Gasteiger charge is -2.37. The van der Waals surface area contributed by atoms with Gasteiger partial charge in [-0.15, -0.1) is 0 Å². The lowest BCUT2D eigenvalue weighted by atomic mass is 10.0. The van der Waals surface area contributed by atoms with Crippen molar-refractivity contribution >= 4 is 23.2 Å². The van der Waals surface area contributed by atoms with Gasteiger partial charge in [-0.3, -0.25) is 4.79 Å². The summed E-state index contributed by atoms with van der Waals surface area (Å²) in [6, 6.07) is 7.88. The number of hydrogen-bond acceptors (Lipinski definition) is 3. The molecule has 2 aliphatic rings. The summed E-state index contributed by atoms with van der Waals surface area (Å²) in [6.45, 7) is 6.82. The van der Waals surface area contributed by atoms with Crippen molar-refractivity contribution < 1.29 is 4.79 Å². The Morgan fingerprint density at radius 2 is 1.81 bits per heavy atom. The SMILES string of the molecule is CC(C(=O)N1CCN(c2ccccc2Cl)CC1)=C1CNC1. The van der Waals surface area contributed by atoms with E-state index in [9.17, 15) is 4.79 Å². The molecule has 0 unspecified atom stereocenters. The number of nitrogens with one attached hydrogen (secondary N) is 1. The highest BCUT2D eigenvalue weighted by molar-refractivity contribution is 6.33. The third kappa shape index (κ3) is 2.92. The average Bonchev–Trinajstić information content (AvgIpc) is 2.45. The van der Waals surface area contributed by atoms with Crippen LogP contribution < -0.4 is 10.2 Å². The monoisotopic (exact) mass is 305 g/mol. The first kappa shape index (κ1) is 14.4. The molecule has 0 aliphatic carbocycles. The largest absolute Gasteiger partial charge is 0.367 e. The molecule has 2 fully saturated rings. The van der Waals surface area contributed by atoms with Crippen molar-refractivity contribution in [1.82, 2.24) is 10.2 Å². The van der Waals surface area contributed by atoms with E-state index in [-0.39, 0.29) is 5.91 Å². The van der Waals surface area contributed by atoms with Crippen LogP contribution in [0.5, 0.6) is 0 Å². The normalized spacial score (nSPS) is 18.5. The second kappa shape index (κ2) is 6.08. The lowest BCUT2D eigenvalue weighted by molar-refractivity contribution is -0.127. The standard InChI is InChI=1S/C16H20ClN3O/c1-12(13-10-18-11-13)16(21)20-8-6-19(7-9-20)15-5-3-2-4-14(15)17/h2-5,18H,6-11H2,1H3. The van der Waals surface area contributed by atoms with Gasteiger partial charge in [0.1, 0.15) is 0 Å². The first-order valence-electron chi connectivity index (χ1n) is 7.35. The molecule has 1 N–H and O–H groups in total. The van der Waals surface area contributed by atoms with Crippen molar-refractivity contribution in [3.05, 3.63) is 40.4 Å². The highest BCUT2D eigenvalue weighted by Gasteiger charge is 2.25. The predicted molar refractivity (Wildman–Crippen MR) is 85.8 cm³/mol. The van der Waals surface area contributed by atoms with Gasteiger partial charge >= 0.3 is 0 Å². The van der Waals surface area contributed by atoms with E-state index in [0.29, 0.717) is 0 Å². The molecule has 1 aromatic rings.